The van der Waals surface area contributed by atoms with Crippen molar-refractivity contribution in [1.29, 1.82) is 0 Å². The summed E-state index contributed by atoms with van der Waals surface area (Å²) in [6.07, 6.45) is 5.29. The average molecular weight is 314 g/mol. The molecule has 1 saturated heterocycles. The van der Waals surface area contributed by atoms with Crippen molar-refractivity contribution in [2.75, 3.05) is 27.2 Å². The van der Waals surface area contributed by atoms with Crippen molar-refractivity contribution in [1.82, 2.24) is 19.4 Å². The summed E-state index contributed by atoms with van der Waals surface area (Å²) in [4.78, 5) is 8.97. The van der Waals surface area contributed by atoms with E-state index in [9.17, 15) is 0 Å². The first-order valence-corrected chi connectivity index (χ1v) is 8.19. The van der Waals surface area contributed by atoms with Crippen molar-refractivity contribution >= 4 is 0 Å². The molecule has 0 amide bonds. The highest BCUT2D eigenvalue weighted by molar-refractivity contribution is 5.23. The van der Waals surface area contributed by atoms with Crippen LogP contribution in [0.3, 0.4) is 0 Å². The summed E-state index contributed by atoms with van der Waals surface area (Å²) in [5.74, 6) is 0.933. The van der Waals surface area contributed by atoms with Crippen LogP contribution in [-0.2, 0) is 20.1 Å². The van der Waals surface area contributed by atoms with Gasteiger partial charge in [0, 0.05) is 57.4 Å². The van der Waals surface area contributed by atoms with E-state index in [0.717, 1.165) is 44.0 Å². The maximum atomic E-state index is 6.17. The lowest BCUT2D eigenvalue weighted by atomic mass is 10.3. The Morgan fingerprint density at radius 2 is 2.22 bits per heavy atom. The van der Waals surface area contributed by atoms with Crippen LogP contribution in [0.2, 0.25) is 0 Å². The van der Waals surface area contributed by atoms with Crippen molar-refractivity contribution in [2.24, 2.45) is 7.05 Å². The average Bonchev–Trinajstić information content (AvgIpc) is 3.09. The minimum Gasteiger partial charge on any atom is -0.489 e. The van der Waals surface area contributed by atoms with Crippen LogP contribution in [0.15, 0.2) is 36.7 Å². The summed E-state index contributed by atoms with van der Waals surface area (Å²) in [5.41, 5.74) is 2.40. The molecule has 23 heavy (non-hydrogen) atoms. The third-order valence-corrected chi connectivity index (χ3v) is 4.24. The highest BCUT2D eigenvalue weighted by Gasteiger charge is 2.24. The van der Waals surface area contributed by atoms with Crippen LogP contribution in [0.5, 0.6) is 5.75 Å². The summed E-state index contributed by atoms with van der Waals surface area (Å²) in [6, 6.07) is 8.30. The number of hydrogen-bond donors (Lipinski definition) is 0. The van der Waals surface area contributed by atoms with Crippen LogP contribution < -0.4 is 4.74 Å². The molecule has 0 aromatic carbocycles. The topological polar surface area (TPSA) is 33.5 Å². The zero-order valence-electron chi connectivity index (χ0n) is 14.3. The fraction of sp³-hybridized carbons (Fsp3) is 0.500. The molecule has 0 radical (unpaired) electrons. The van der Waals surface area contributed by atoms with Gasteiger partial charge in [-0.05, 0) is 38.7 Å². The molecule has 1 fully saturated rings. The normalized spacial score (nSPS) is 18.7. The molecule has 0 N–H and O–H groups in total. The van der Waals surface area contributed by atoms with Gasteiger partial charge in [-0.2, -0.15) is 0 Å². The van der Waals surface area contributed by atoms with Crippen molar-refractivity contribution in [3.05, 3.63) is 48.0 Å². The van der Waals surface area contributed by atoms with E-state index in [2.05, 4.69) is 50.8 Å². The maximum absolute atomic E-state index is 6.17. The minimum absolute atomic E-state index is 0.268. The summed E-state index contributed by atoms with van der Waals surface area (Å²) < 4.78 is 8.36. The number of ether oxygens (including phenoxy) is 1. The van der Waals surface area contributed by atoms with Crippen molar-refractivity contribution < 1.29 is 4.74 Å². The summed E-state index contributed by atoms with van der Waals surface area (Å²) >= 11 is 0. The van der Waals surface area contributed by atoms with Gasteiger partial charge in [-0.3, -0.25) is 9.88 Å². The molecule has 0 bridgehead atoms. The van der Waals surface area contributed by atoms with Gasteiger partial charge in [0.15, 0.2) is 0 Å². The second kappa shape index (κ2) is 7.15. The molecule has 5 nitrogen and oxygen atoms in total. The van der Waals surface area contributed by atoms with Gasteiger partial charge in [0.1, 0.15) is 11.9 Å². The monoisotopic (exact) mass is 314 g/mol. The first-order valence-electron chi connectivity index (χ1n) is 8.19. The van der Waals surface area contributed by atoms with Gasteiger partial charge in [0.2, 0.25) is 0 Å². The molecular weight excluding hydrogens is 288 g/mol. The Bertz CT molecular complexity index is 637. The fourth-order valence-electron chi connectivity index (χ4n) is 3.06. The molecule has 1 atom stereocenters. The van der Waals surface area contributed by atoms with Gasteiger partial charge >= 0.3 is 0 Å². The Balaban J connectivity index is 1.54. The number of aromatic nitrogens is 2. The minimum atomic E-state index is 0.268. The van der Waals surface area contributed by atoms with Crippen LogP contribution in [0.1, 0.15) is 17.8 Å². The number of pyridine rings is 1. The molecule has 2 aromatic heterocycles. The van der Waals surface area contributed by atoms with E-state index in [0.29, 0.717) is 0 Å². The van der Waals surface area contributed by atoms with Crippen LogP contribution in [0.4, 0.5) is 0 Å². The number of aryl methyl sites for hydroxylation is 1. The van der Waals surface area contributed by atoms with Gasteiger partial charge in [-0.25, -0.2) is 0 Å². The first-order chi connectivity index (χ1) is 11.1. The largest absolute Gasteiger partial charge is 0.489 e. The maximum Gasteiger partial charge on any atom is 0.123 e. The third kappa shape index (κ3) is 4.33. The van der Waals surface area contributed by atoms with Crippen molar-refractivity contribution in [3.63, 3.8) is 0 Å². The SMILES string of the molecule is CN(C)Cc1cc(OC2CCN(Cc3cccn3C)C2)ccn1. The Morgan fingerprint density at radius 3 is 2.96 bits per heavy atom. The highest BCUT2D eigenvalue weighted by atomic mass is 16.5. The second-order valence-electron chi connectivity index (χ2n) is 6.59. The summed E-state index contributed by atoms with van der Waals surface area (Å²) in [6.45, 7) is 3.90. The van der Waals surface area contributed by atoms with E-state index in [-0.39, 0.29) is 6.10 Å². The molecule has 5 heteroatoms. The van der Waals surface area contributed by atoms with Crippen LogP contribution in [0.25, 0.3) is 0 Å². The van der Waals surface area contributed by atoms with E-state index in [1.165, 1.54) is 5.69 Å². The highest BCUT2D eigenvalue weighted by Crippen LogP contribution is 2.20. The quantitative estimate of drug-likeness (QED) is 0.818. The molecule has 0 aliphatic carbocycles. The van der Waals surface area contributed by atoms with E-state index >= 15 is 0 Å². The molecule has 2 aromatic rings. The molecule has 1 aliphatic heterocycles. The van der Waals surface area contributed by atoms with E-state index in [1.807, 2.05) is 26.4 Å². The predicted octanol–water partition coefficient (Wildman–Crippen LogP) is 2.13. The number of likely N-dealkylation sites (tertiary alicyclic amines) is 1. The lowest BCUT2D eigenvalue weighted by Crippen LogP contribution is -2.25. The molecular formula is C18H26N4O. The molecule has 1 aliphatic rings. The smallest absolute Gasteiger partial charge is 0.123 e. The molecule has 124 valence electrons. The Kier molecular flexibility index (Phi) is 4.98. The summed E-state index contributed by atoms with van der Waals surface area (Å²) in [5, 5.41) is 0. The Hall–Kier alpha value is -1.85. The standard InChI is InChI=1S/C18H26N4O/c1-20(2)12-15-11-17(6-8-19-15)23-18-7-10-22(14-18)13-16-5-4-9-21(16)3/h4-6,8-9,11,18H,7,10,12-14H2,1-3H3. The summed E-state index contributed by atoms with van der Waals surface area (Å²) in [7, 11) is 6.20. The van der Waals surface area contributed by atoms with Crippen LogP contribution in [-0.4, -0.2) is 52.6 Å². The Labute approximate surface area is 138 Å². The van der Waals surface area contributed by atoms with Gasteiger partial charge in [0.05, 0.1) is 5.69 Å². The van der Waals surface area contributed by atoms with Crippen LogP contribution >= 0.6 is 0 Å². The number of hydrogen-bond acceptors (Lipinski definition) is 4. The lowest BCUT2D eigenvalue weighted by molar-refractivity contribution is 0.197. The zero-order valence-corrected chi connectivity index (χ0v) is 14.3. The Morgan fingerprint density at radius 1 is 1.35 bits per heavy atom. The van der Waals surface area contributed by atoms with E-state index < -0.39 is 0 Å². The van der Waals surface area contributed by atoms with Crippen molar-refractivity contribution in [2.45, 2.75) is 25.6 Å². The zero-order chi connectivity index (χ0) is 16.2. The third-order valence-electron chi connectivity index (χ3n) is 4.24. The van der Waals surface area contributed by atoms with E-state index in [1.54, 1.807) is 0 Å². The molecule has 3 heterocycles. The van der Waals surface area contributed by atoms with Crippen molar-refractivity contribution in [3.8, 4) is 5.75 Å². The second-order valence-corrected chi connectivity index (χ2v) is 6.59. The number of rotatable bonds is 6. The lowest BCUT2D eigenvalue weighted by Gasteiger charge is -2.18. The molecule has 3 rings (SSSR count). The van der Waals surface area contributed by atoms with Gasteiger partial charge in [0.25, 0.3) is 0 Å². The van der Waals surface area contributed by atoms with Gasteiger partial charge in [-0.1, -0.05) is 0 Å². The first kappa shape index (κ1) is 16.0. The fourth-order valence-corrected chi connectivity index (χ4v) is 3.06. The van der Waals surface area contributed by atoms with E-state index in [4.69, 9.17) is 4.74 Å². The van der Waals surface area contributed by atoms with Gasteiger partial charge < -0.3 is 14.2 Å². The molecule has 1 unspecified atom stereocenters. The molecule has 0 saturated carbocycles. The predicted molar refractivity (Wildman–Crippen MR) is 91.4 cm³/mol. The molecule has 0 spiro atoms. The number of nitrogens with zero attached hydrogens (tertiary/aromatic N) is 4. The van der Waals surface area contributed by atoms with Gasteiger partial charge in [-0.15, -0.1) is 0 Å². The van der Waals surface area contributed by atoms with Crippen LogP contribution in [0, 0.1) is 0 Å².